The Morgan fingerprint density at radius 3 is 2.95 bits per heavy atom. The fourth-order valence-electron chi connectivity index (χ4n) is 2.51. The van der Waals surface area contributed by atoms with Gasteiger partial charge in [-0.3, -0.25) is 9.69 Å². The molecule has 0 aliphatic carbocycles. The molecule has 2 heterocycles. The van der Waals surface area contributed by atoms with Crippen LogP contribution in [0.4, 0.5) is 0 Å². The molecule has 2 atom stereocenters. The van der Waals surface area contributed by atoms with Crippen molar-refractivity contribution in [3.8, 4) is 0 Å². The fourth-order valence-corrected chi connectivity index (χ4v) is 3.65. The van der Waals surface area contributed by atoms with Crippen molar-refractivity contribution < 1.29 is 4.79 Å². The van der Waals surface area contributed by atoms with Gasteiger partial charge in [0.2, 0.25) is 5.91 Å². The molecule has 20 heavy (non-hydrogen) atoms. The van der Waals surface area contributed by atoms with Crippen molar-refractivity contribution in [1.82, 2.24) is 9.80 Å². The van der Waals surface area contributed by atoms with Crippen molar-refractivity contribution >= 4 is 28.8 Å². The molecule has 0 radical (unpaired) electrons. The van der Waals surface area contributed by atoms with Crippen LogP contribution in [0, 0.1) is 5.92 Å². The highest BCUT2D eigenvalue weighted by Gasteiger charge is 2.27. The molecule has 6 heteroatoms. The molecule has 1 aromatic heterocycles. The summed E-state index contributed by atoms with van der Waals surface area (Å²) in [5.74, 6) is 0.670. The van der Waals surface area contributed by atoms with Gasteiger partial charge in [-0.2, -0.15) is 0 Å². The third kappa shape index (κ3) is 4.19. The smallest absolute Gasteiger partial charge is 0.236 e. The molecule has 2 N–H and O–H groups in total. The van der Waals surface area contributed by atoms with E-state index in [1.165, 1.54) is 11.3 Å². The quantitative estimate of drug-likeness (QED) is 0.904. The Morgan fingerprint density at radius 2 is 2.40 bits per heavy atom. The van der Waals surface area contributed by atoms with Crippen LogP contribution in [0.15, 0.2) is 12.1 Å². The molecule has 0 spiro atoms. The molecule has 1 fully saturated rings. The van der Waals surface area contributed by atoms with Gasteiger partial charge in [-0.05, 0) is 37.9 Å². The van der Waals surface area contributed by atoms with Gasteiger partial charge in [0.15, 0.2) is 0 Å². The van der Waals surface area contributed by atoms with Gasteiger partial charge in [-0.1, -0.05) is 11.6 Å². The van der Waals surface area contributed by atoms with E-state index in [0.29, 0.717) is 19.0 Å². The van der Waals surface area contributed by atoms with Crippen LogP contribution in [-0.2, 0) is 11.3 Å². The normalized spacial score (nSPS) is 21.1. The molecule has 2 unspecified atom stereocenters. The first-order valence-corrected chi connectivity index (χ1v) is 8.11. The molecule has 2 rings (SSSR count). The number of thiophene rings is 1. The molecule has 0 aromatic carbocycles. The average Bonchev–Trinajstić information content (AvgIpc) is 2.98. The predicted molar refractivity (Wildman–Crippen MR) is 84.0 cm³/mol. The Morgan fingerprint density at radius 1 is 1.65 bits per heavy atom. The number of rotatable bonds is 5. The summed E-state index contributed by atoms with van der Waals surface area (Å²) >= 11 is 7.42. The first-order chi connectivity index (χ1) is 9.45. The van der Waals surface area contributed by atoms with Crippen LogP contribution in [0.5, 0.6) is 0 Å². The topological polar surface area (TPSA) is 49.6 Å². The van der Waals surface area contributed by atoms with Crippen molar-refractivity contribution in [2.45, 2.75) is 25.9 Å². The number of likely N-dealkylation sites (N-methyl/N-ethyl adjacent to an activating group) is 1. The second kappa shape index (κ2) is 6.89. The van der Waals surface area contributed by atoms with Crippen LogP contribution in [0.3, 0.4) is 0 Å². The Hall–Kier alpha value is -0.620. The van der Waals surface area contributed by atoms with Crippen LogP contribution in [-0.4, -0.2) is 48.4 Å². The molecule has 1 aliphatic heterocycles. The summed E-state index contributed by atoms with van der Waals surface area (Å²) in [7, 11) is 1.84. The first-order valence-electron chi connectivity index (χ1n) is 6.92. The zero-order valence-corrected chi connectivity index (χ0v) is 13.6. The van der Waals surface area contributed by atoms with E-state index in [2.05, 4.69) is 4.90 Å². The second-order valence-corrected chi connectivity index (χ2v) is 7.40. The van der Waals surface area contributed by atoms with Gasteiger partial charge in [0.25, 0.3) is 0 Å². The molecule has 1 amide bonds. The number of halogens is 1. The highest BCUT2D eigenvalue weighted by molar-refractivity contribution is 7.16. The monoisotopic (exact) mass is 315 g/mol. The largest absolute Gasteiger partial charge is 0.340 e. The molecule has 4 nitrogen and oxygen atoms in total. The number of carbonyl (C=O) groups is 1. The molecule has 1 aliphatic rings. The highest BCUT2D eigenvalue weighted by atomic mass is 35.5. The maximum absolute atomic E-state index is 12.2. The number of hydrogen-bond acceptors (Lipinski definition) is 4. The summed E-state index contributed by atoms with van der Waals surface area (Å²) in [6.45, 7) is 5.06. The first kappa shape index (κ1) is 15.8. The van der Waals surface area contributed by atoms with Crippen molar-refractivity contribution in [3.63, 3.8) is 0 Å². The van der Waals surface area contributed by atoms with Crippen LogP contribution < -0.4 is 5.73 Å². The average molecular weight is 316 g/mol. The summed E-state index contributed by atoms with van der Waals surface area (Å²) in [6.07, 6.45) is 1.09. The van der Waals surface area contributed by atoms with Gasteiger partial charge in [-0.15, -0.1) is 11.3 Å². The zero-order chi connectivity index (χ0) is 14.7. The minimum Gasteiger partial charge on any atom is -0.340 e. The van der Waals surface area contributed by atoms with Gasteiger partial charge in [0.1, 0.15) is 0 Å². The van der Waals surface area contributed by atoms with E-state index in [0.717, 1.165) is 28.7 Å². The summed E-state index contributed by atoms with van der Waals surface area (Å²) in [6, 6.07) is 4.05. The summed E-state index contributed by atoms with van der Waals surface area (Å²) in [5.41, 5.74) is 5.92. The van der Waals surface area contributed by atoms with E-state index in [1.807, 2.05) is 26.1 Å². The lowest BCUT2D eigenvalue weighted by Gasteiger charge is -2.21. The number of hydrogen-bond donors (Lipinski definition) is 1. The van der Waals surface area contributed by atoms with Gasteiger partial charge in [0.05, 0.1) is 17.4 Å². The minimum atomic E-state index is 0.153. The molecule has 1 saturated heterocycles. The highest BCUT2D eigenvalue weighted by Crippen LogP contribution is 2.23. The predicted octanol–water partition coefficient (Wildman–Crippen LogP) is 2.03. The van der Waals surface area contributed by atoms with Crippen LogP contribution in [0.1, 0.15) is 18.2 Å². The lowest BCUT2D eigenvalue weighted by atomic mass is 10.0. The maximum atomic E-state index is 12.2. The number of likely N-dealkylation sites (tertiary alicyclic amines) is 1. The van der Waals surface area contributed by atoms with Crippen LogP contribution >= 0.6 is 22.9 Å². The third-order valence-electron chi connectivity index (χ3n) is 3.86. The molecular formula is C14H22ClN3OS. The summed E-state index contributed by atoms with van der Waals surface area (Å²) in [5, 5.41) is 0. The summed E-state index contributed by atoms with van der Waals surface area (Å²) in [4.78, 5) is 17.3. The number of carbonyl (C=O) groups excluding carboxylic acids is 1. The fraction of sp³-hybridized carbons (Fsp3) is 0.643. The van der Waals surface area contributed by atoms with Crippen molar-refractivity contribution in [1.29, 1.82) is 0 Å². The molecule has 1 aromatic rings. The van der Waals surface area contributed by atoms with Gasteiger partial charge in [0, 0.05) is 24.5 Å². The molecular weight excluding hydrogens is 294 g/mol. The Bertz CT molecular complexity index is 463. The maximum Gasteiger partial charge on any atom is 0.236 e. The van der Waals surface area contributed by atoms with Crippen molar-refractivity contribution in [2.24, 2.45) is 11.7 Å². The van der Waals surface area contributed by atoms with Gasteiger partial charge >= 0.3 is 0 Å². The zero-order valence-electron chi connectivity index (χ0n) is 12.0. The number of nitrogens with two attached hydrogens (primary N) is 1. The van der Waals surface area contributed by atoms with E-state index in [1.54, 1.807) is 4.90 Å². The van der Waals surface area contributed by atoms with E-state index in [4.69, 9.17) is 17.3 Å². The minimum absolute atomic E-state index is 0.153. The van der Waals surface area contributed by atoms with Gasteiger partial charge < -0.3 is 10.6 Å². The Kier molecular flexibility index (Phi) is 5.43. The van der Waals surface area contributed by atoms with Crippen molar-refractivity contribution in [3.05, 3.63) is 21.3 Å². The van der Waals surface area contributed by atoms with E-state index in [9.17, 15) is 4.79 Å². The lowest BCUT2D eigenvalue weighted by molar-refractivity contribution is -0.131. The Labute approximate surface area is 129 Å². The SMILES string of the molecule is CC(N)C1CCN(CC(=O)N(C)Cc2ccc(Cl)s2)C1. The van der Waals surface area contributed by atoms with Crippen molar-refractivity contribution in [2.75, 3.05) is 26.7 Å². The third-order valence-corrected chi connectivity index (χ3v) is 5.07. The summed E-state index contributed by atoms with van der Waals surface area (Å²) < 4.78 is 0.764. The van der Waals surface area contributed by atoms with Crippen LogP contribution in [0.25, 0.3) is 0 Å². The van der Waals surface area contributed by atoms with E-state index in [-0.39, 0.29) is 11.9 Å². The molecule has 112 valence electrons. The van der Waals surface area contributed by atoms with E-state index >= 15 is 0 Å². The number of nitrogens with zero attached hydrogens (tertiary/aromatic N) is 2. The Balaban J connectivity index is 1.80. The molecule has 0 saturated carbocycles. The standard InChI is InChI=1S/C14H22ClN3OS/c1-10(16)11-5-6-18(7-11)9-14(19)17(2)8-12-3-4-13(15)20-12/h3-4,10-11H,5-9,16H2,1-2H3. The van der Waals surface area contributed by atoms with Gasteiger partial charge in [-0.25, -0.2) is 0 Å². The number of amides is 1. The lowest BCUT2D eigenvalue weighted by Crippen LogP contribution is -2.38. The second-order valence-electron chi connectivity index (χ2n) is 5.60. The van der Waals surface area contributed by atoms with E-state index < -0.39 is 0 Å². The molecule has 0 bridgehead atoms. The van der Waals surface area contributed by atoms with Crippen LogP contribution in [0.2, 0.25) is 4.34 Å².